The number of nitrogens with zero attached hydrogens (tertiary/aromatic N) is 2. The maximum Gasteiger partial charge on any atom is 1.00 e. The molecule has 19 heavy (non-hydrogen) atoms. The second kappa shape index (κ2) is 7.73. The van der Waals surface area contributed by atoms with Gasteiger partial charge in [0.1, 0.15) is 0 Å². The molecule has 3 rings (SSSR count). The van der Waals surface area contributed by atoms with E-state index in [1.165, 1.54) is 16.4 Å². The molecule has 3 aromatic heterocycles. The molecule has 0 aliphatic heterocycles. The first kappa shape index (κ1) is 17.1. The third kappa shape index (κ3) is 3.39. The Morgan fingerprint density at radius 3 is 2.84 bits per heavy atom. The van der Waals surface area contributed by atoms with Gasteiger partial charge in [-0.15, -0.1) is 10.1 Å². The molecule has 98 valence electrons. The van der Waals surface area contributed by atoms with Crippen LogP contribution in [0.2, 0.25) is 0 Å². The van der Waals surface area contributed by atoms with Crippen molar-refractivity contribution in [3.05, 3.63) is 40.7 Å². The van der Waals surface area contributed by atoms with Crippen molar-refractivity contribution >= 4 is 39.2 Å². The molecule has 0 saturated carbocycles. The first-order valence-electron chi connectivity index (χ1n) is 5.24. The van der Waals surface area contributed by atoms with Gasteiger partial charge >= 0.3 is 17.1 Å². The average Bonchev–Trinajstić information content (AvgIpc) is 2.90. The molecule has 0 radical (unpaired) electrons. The van der Waals surface area contributed by atoms with E-state index in [1.54, 1.807) is 11.3 Å². The molecule has 0 bridgehead atoms. The number of aromatic nitrogens is 2. The molecule has 0 spiro atoms. The van der Waals surface area contributed by atoms with Crippen LogP contribution in [0.15, 0.2) is 30.5 Å². The zero-order chi connectivity index (χ0) is 11.7. The number of rotatable bonds is 2. The van der Waals surface area contributed by atoms with Crippen molar-refractivity contribution in [2.75, 3.05) is 0 Å². The second-order valence-corrected chi connectivity index (χ2v) is 5.14. The molecule has 0 N–H and O–H groups in total. The Morgan fingerprint density at radius 1 is 1.32 bits per heavy atom. The molecular weight excluding hydrogens is 550 g/mol. The van der Waals surface area contributed by atoms with Gasteiger partial charge in [-0.1, -0.05) is 18.2 Å². The molecule has 0 amide bonds. The van der Waals surface area contributed by atoms with Crippen LogP contribution >= 0.6 is 22.9 Å². The molecule has 0 aromatic carbocycles. The van der Waals surface area contributed by atoms with Crippen LogP contribution in [-0.4, -0.2) is 9.36 Å². The summed E-state index contributed by atoms with van der Waals surface area (Å²) >= 11 is 3.09. The van der Waals surface area contributed by atoms with E-state index in [0.29, 0.717) is 0 Å². The van der Waals surface area contributed by atoms with Crippen LogP contribution in [0.4, 0.5) is 0 Å². The summed E-state index contributed by atoms with van der Waals surface area (Å²) in [6.07, 6.45) is 5.96. The number of thiophene rings is 1. The minimum absolute atomic E-state index is 0. The SMILES string of the molecule is C/C=C\c1sc2[c-]snc2c1-c1ccccn1.[Cu+].[U]. The summed E-state index contributed by atoms with van der Waals surface area (Å²) < 4.78 is 5.54. The fraction of sp³-hybridized carbons (Fsp3) is 0.0769. The molecule has 0 unspecified atom stereocenters. The van der Waals surface area contributed by atoms with Crippen LogP contribution in [0, 0.1) is 36.5 Å². The van der Waals surface area contributed by atoms with Gasteiger partial charge in [0.15, 0.2) is 0 Å². The molecule has 3 heterocycles. The van der Waals surface area contributed by atoms with E-state index >= 15 is 0 Å². The molecule has 0 aliphatic rings. The summed E-state index contributed by atoms with van der Waals surface area (Å²) in [5, 5.41) is 3.20. The first-order chi connectivity index (χ1) is 8.40. The Balaban J connectivity index is 0.000000902. The fourth-order valence-corrected chi connectivity index (χ4v) is 3.54. The molecule has 0 saturated heterocycles. The molecule has 0 fully saturated rings. The zero-order valence-corrected chi connectivity index (χ0v) is 16.7. The summed E-state index contributed by atoms with van der Waals surface area (Å²) in [6, 6.07) is 5.95. The van der Waals surface area contributed by atoms with Crippen LogP contribution in [0.5, 0.6) is 0 Å². The summed E-state index contributed by atoms with van der Waals surface area (Å²) in [5.74, 6) is 0. The van der Waals surface area contributed by atoms with Crippen LogP contribution in [0.3, 0.4) is 0 Å². The summed E-state index contributed by atoms with van der Waals surface area (Å²) in [6.45, 7) is 2.02. The van der Waals surface area contributed by atoms with E-state index < -0.39 is 0 Å². The topological polar surface area (TPSA) is 25.8 Å². The summed E-state index contributed by atoms with van der Waals surface area (Å²) in [7, 11) is 0. The standard InChI is InChI=1S/C13H9N2S2.Cu.U/c1-2-5-10-12(9-6-3-4-7-14-9)13-11(17-10)8-16-15-13;;/h2-7H,1H3;;/q-1;+1;/b5-2-;;. The van der Waals surface area contributed by atoms with Crippen molar-refractivity contribution in [1.29, 1.82) is 0 Å². The van der Waals surface area contributed by atoms with Crippen LogP contribution in [0.25, 0.3) is 27.6 Å². The maximum atomic E-state index is 4.42. The normalized spacial score (nSPS) is 10.4. The Hall–Kier alpha value is 0.0514. The monoisotopic (exact) mass is 558 g/mol. The number of pyridine rings is 1. The van der Waals surface area contributed by atoms with Crippen LogP contribution in [-0.2, 0) is 17.1 Å². The van der Waals surface area contributed by atoms with E-state index in [0.717, 1.165) is 21.5 Å². The molecule has 6 heteroatoms. The molecular formula is C13H9CuN2S2U. The molecule has 3 aromatic rings. The smallest absolute Gasteiger partial charge is 0.307 e. The fourth-order valence-electron chi connectivity index (χ4n) is 1.73. The minimum atomic E-state index is 0. The van der Waals surface area contributed by atoms with E-state index in [2.05, 4.69) is 20.8 Å². The van der Waals surface area contributed by atoms with Crippen LogP contribution in [0.1, 0.15) is 11.8 Å². The summed E-state index contributed by atoms with van der Waals surface area (Å²) in [4.78, 5) is 5.62. The zero-order valence-electron chi connectivity index (χ0n) is 9.98. The molecule has 0 aliphatic carbocycles. The predicted octanol–water partition coefficient (Wildman–Crippen LogP) is 4.25. The van der Waals surface area contributed by atoms with Gasteiger partial charge in [-0.2, -0.15) is 22.9 Å². The quantitative estimate of drug-likeness (QED) is 0.347. The summed E-state index contributed by atoms with van der Waals surface area (Å²) in [5.41, 5.74) is 3.12. The third-order valence-corrected chi connectivity index (χ3v) is 4.18. The van der Waals surface area contributed by atoms with Gasteiger partial charge in [-0.25, -0.2) is 0 Å². The van der Waals surface area contributed by atoms with Crippen molar-refractivity contribution in [3.8, 4) is 11.3 Å². The Morgan fingerprint density at radius 2 is 2.16 bits per heavy atom. The number of hydrogen-bond donors (Lipinski definition) is 0. The predicted molar refractivity (Wildman–Crippen MR) is 74.3 cm³/mol. The number of hydrogen-bond acceptors (Lipinski definition) is 4. The van der Waals surface area contributed by atoms with Crippen LogP contribution < -0.4 is 0 Å². The molecule has 0 atom stereocenters. The average molecular weight is 559 g/mol. The first-order valence-corrected chi connectivity index (χ1v) is 6.83. The van der Waals surface area contributed by atoms with Gasteiger partial charge in [0, 0.05) is 42.2 Å². The number of allylic oxidation sites excluding steroid dienone is 1. The Kier molecular flexibility index (Phi) is 6.96. The van der Waals surface area contributed by atoms with Crippen molar-refractivity contribution in [2.45, 2.75) is 6.92 Å². The van der Waals surface area contributed by atoms with E-state index in [1.807, 2.05) is 37.4 Å². The van der Waals surface area contributed by atoms with Gasteiger partial charge in [0.05, 0.1) is 5.69 Å². The minimum Gasteiger partial charge on any atom is -0.307 e. The van der Waals surface area contributed by atoms with Crippen molar-refractivity contribution in [1.82, 2.24) is 9.36 Å². The van der Waals surface area contributed by atoms with Gasteiger partial charge in [0.2, 0.25) is 0 Å². The van der Waals surface area contributed by atoms with Gasteiger partial charge in [0.25, 0.3) is 0 Å². The Bertz CT molecular complexity index is 676. The third-order valence-electron chi connectivity index (χ3n) is 2.42. The maximum absolute atomic E-state index is 4.42. The largest absolute Gasteiger partial charge is 1.00 e. The van der Waals surface area contributed by atoms with Gasteiger partial charge in [-0.3, -0.25) is 4.98 Å². The van der Waals surface area contributed by atoms with Gasteiger partial charge < -0.3 is 4.37 Å². The second-order valence-electron chi connectivity index (χ2n) is 3.52. The van der Waals surface area contributed by atoms with Crippen molar-refractivity contribution in [2.24, 2.45) is 0 Å². The Labute approximate surface area is 154 Å². The van der Waals surface area contributed by atoms with E-state index in [9.17, 15) is 0 Å². The van der Waals surface area contributed by atoms with Gasteiger partial charge in [-0.05, 0) is 30.1 Å². The van der Waals surface area contributed by atoms with Crippen molar-refractivity contribution in [3.63, 3.8) is 0 Å². The van der Waals surface area contributed by atoms with E-state index in [4.69, 9.17) is 0 Å². The number of fused-ring (bicyclic) bond motifs is 1. The van der Waals surface area contributed by atoms with E-state index in [-0.39, 0.29) is 48.2 Å². The van der Waals surface area contributed by atoms with Crippen molar-refractivity contribution < 1.29 is 48.2 Å². The molecule has 2 nitrogen and oxygen atoms in total.